The highest BCUT2D eigenvalue weighted by molar-refractivity contribution is 5.96. The summed E-state index contributed by atoms with van der Waals surface area (Å²) in [4.78, 5) is 13.7. The number of hydrogen-bond donors (Lipinski definition) is 0. The highest BCUT2D eigenvalue weighted by atomic mass is 16.5. The van der Waals surface area contributed by atoms with E-state index in [-0.39, 0.29) is 5.78 Å². The number of likely N-dealkylation sites (N-methyl/N-ethyl adjacent to an activating group) is 1. The van der Waals surface area contributed by atoms with E-state index < -0.39 is 0 Å². The first kappa shape index (κ1) is 16.2. The van der Waals surface area contributed by atoms with Crippen LogP contribution in [0.2, 0.25) is 0 Å². The average molecular weight is 297 g/mol. The summed E-state index contributed by atoms with van der Waals surface area (Å²) in [6.07, 6.45) is 0.540. The van der Waals surface area contributed by atoms with E-state index in [9.17, 15) is 4.79 Å². The lowest BCUT2D eigenvalue weighted by Gasteiger charge is -2.11. The van der Waals surface area contributed by atoms with Gasteiger partial charge in [-0.2, -0.15) is 0 Å². The van der Waals surface area contributed by atoms with Crippen LogP contribution in [0.1, 0.15) is 23.7 Å². The van der Waals surface area contributed by atoms with E-state index >= 15 is 0 Å². The molecule has 0 unspecified atom stereocenters. The summed E-state index contributed by atoms with van der Waals surface area (Å²) in [5.74, 6) is 1.06. The summed E-state index contributed by atoms with van der Waals surface area (Å²) in [5.41, 5.74) is 3.00. The van der Waals surface area contributed by atoms with Crippen LogP contribution in [0.5, 0.6) is 5.75 Å². The molecule has 3 nitrogen and oxygen atoms in total. The van der Waals surface area contributed by atoms with Crippen LogP contribution in [-0.2, 0) is 0 Å². The Kier molecular flexibility index (Phi) is 5.73. The molecule has 0 aromatic heterocycles. The molecule has 2 aromatic carbocycles. The van der Waals surface area contributed by atoms with Crippen LogP contribution < -0.4 is 4.74 Å². The topological polar surface area (TPSA) is 29.5 Å². The van der Waals surface area contributed by atoms with Gasteiger partial charge in [-0.05, 0) is 37.4 Å². The quantitative estimate of drug-likeness (QED) is 0.726. The van der Waals surface area contributed by atoms with Gasteiger partial charge in [0.2, 0.25) is 0 Å². The SMILES string of the molecule is CCC(=O)c1ccc(-c2ccc(OCCN(C)C)cc2)cc1. The molecule has 0 amide bonds. The number of ether oxygens (including phenoxy) is 1. The molecular formula is C19H23NO2. The fourth-order valence-corrected chi connectivity index (χ4v) is 2.14. The van der Waals surface area contributed by atoms with Crippen molar-refractivity contribution in [3.8, 4) is 16.9 Å². The van der Waals surface area contributed by atoms with Crippen molar-refractivity contribution in [3.05, 3.63) is 54.1 Å². The highest BCUT2D eigenvalue weighted by Gasteiger charge is 2.04. The molecule has 0 aliphatic carbocycles. The summed E-state index contributed by atoms with van der Waals surface area (Å²) in [6.45, 7) is 3.46. The Bertz CT molecular complexity index is 600. The van der Waals surface area contributed by atoms with E-state index in [1.807, 2.05) is 69.6 Å². The van der Waals surface area contributed by atoms with E-state index in [0.717, 1.165) is 29.0 Å². The Hall–Kier alpha value is -2.13. The molecule has 0 saturated carbocycles. The Balaban J connectivity index is 2.02. The van der Waals surface area contributed by atoms with Crippen LogP contribution in [-0.4, -0.2) is 37.9 Å². The summed E-state index contributed by atoms with van der Waals surface area (Å²) < 4.78 is 5.69. The largest absolute Gasteiger partial charge is 0.492 e. The van der Waals surface area contributed by atoms with Gasteiger partial charge in [0.1, 0.15) is 12.4 Å². The molecule has 0 fully saturated rings. The highest BCUT2D eigenvalue weighted by Crippen LogP contribution is 2.23. The van der Waals surface area contributed by atoms with Gasteiger partial charge in [0, 0.05) is 18.5 Å². The van der Waals surface area contributed by atoms with Gasteiger partial charge in [0.15, 0.2) is 5.78 Å². The Morgan fingerprint density at radius 2 is 1.50 bits per heavy atom. The van der Waals surface area contributed by atoms with Crippen LogP contribution in [0.4, 0.5) is 0 Å². The molecule has 0 spiro atoms. The van der Waals surface area contributed by atoms with Crippen LogP contribution in [0.15, 0.2) is 48.5 Å². The first-order valence-electron chi connectivity index (χ1n) is 7.61. The molecule has 3 heteroatoms. The van der Waals surface area contributed by atoms with Gasteiger partial charge >= 0.3 is 0 Å². The Morgan fingerprint density at radius 3 is 2.00 bits per heavy atom. The van der Waals surface area contributed by atoms with Crippen molar-refractivity contribution in [1.82, 2.24) is 4.90 Å². The fraction of sp³-hybridized carbons (Fsp3) is 0.316. The number of benzene rings is 2. The number of ketones is 1. The van der Waals surface area contributed by atoms with E-state index in [2.05, 4.69) is 4.90 Å². The van der Waals surface area contributed by atoms with Gasteiger partial charge in [-0.15, -0.1) is 0 Å². The molecule has 2 aromatic rings. The molecule has 0 atom stereocenters. The third-order valence-electron chi connectivity index (χ3n) is 3.52. The monoisotopic (exact) mass is 297 g/mol. The second-order valence-corrected chi connectivity index (χ2v) is 5.53. The van der Waals surface area contributed by atoms with E-state index in [4.69, 9.17) is 4.74 Å². The van der Waals surface area contributed by atoms with E-state index in [1.165, 1.54) is 0 Å². The third kappa shape index (κ3) is 4.43. The van der Waals surface area contributed by atoms with Gasteiger partial charge in [-0.3, -0.25) is 4.79 Å². The summed E-state index contributed by atoms with van der Waals surface area (Å²) in [6, 6.07) is 15.8. The van der Waals surface area contributed by atoms with Gasteiger partial charge in [0.05, 0.1) is 0 Å². The predicted octanol–water partition coefficient (Wildman–Crippen LogP) is 3.89. The van der Waals surface area contributed by atoms with Crippen molar-refractivity contribution in [2.75, 3.05) is 27.2 Å². The number of nitrogens with zero attached hydrogens (tertiary/aromatic N) is 1. The molecule has 0 aliphatic rings. The molecule has 0 bridgehead atoms. The molecular weight excluding hydrogens is 274 g/mol. The first-order chi connectivity index (χ1) is 10.6. The summed E-state index contributed by atoms with van der Waals surface area (Å²) in [5, 5.41) is 0. The molecule has 116 valence electrons. The normalized spacial score (nSPS) is 10.7. The molecule has 0 radical (unpaired) electrons. The maximum atomic E-state index is 11.6. The predicted molar refractivity (Wildman–Crippen MR) is 90.5 cm³/mol. The smallest absolute Gasteiger partial charge is 0.162 e. The van der Waals surface area contributed by atoms with Crippen molar-refractivity contribution in [1.29, 1.82) is 0 Å². The molecule has 0 heterocycles. The summed E-state index contributed by atoms with van der Waals surface area (Å²) >= 11 is 0. The summed E-state index contributed by atoms with van der Waals surface area (Å²) in [7, 11) is 4.05. The molecule has 22 heavy (non-hydrogen) atoms. The molecule has 0 N–H and O–H groups in total. The maximum absolute atomic E-state index is 11.6. The standard InChI is InChI=1S/C19H23NO2/c1-4-19(21)17-7-5-15(6-8-17)16-9-11-18(12-10-16)22-14-13-20(2)3/h5-12H,4,13-14H2,1-3H3. The van der Waals surface area contributed by atoms with Crippen LogP contribution in [0.25, 0.3) is 11.1 Å². The van der Waals surface area contributed by atoms with Crippen molar-refractivity contribution in [3.63, 3.8) is 0 Å². The lowest BCUT2D eigenvalue weighted by Crippen LogP contribution is -2.19. The lowest BCUT2D eigenvalue weighted by atomic mass is 10.0. The zero-order valence-electron chi connectivity index (χ0n) is 13.5. The van der Waals surface area contributed by atoms with Crippen molar-refractivity contribution >= 4 is 5.78 Å². The number of carbonyl (C=O) groups excluding carboxylic acids is 1. The fourth-order valence-electron chi connectivity index (χ4n) is 2.14. The minimum atomic E-state index is 0.177. The van der Waals surface area contributed by atoms with Crippen molar-refractivity contribution < 1.29 is 9.53 Å². The van der Waals surface area contributed by atoms with Crippen molar-refractivity contribution in [2.45, 2.75) is 13.3 Å². The second kappa shape index (κ2) is 7.76. The van der Waals surface area contributed by atoms with E-state index in [0.29, 0.717) is 13.0 Å². The maximum Gasteiger partial charge on any atom is 0.162 e. The van der Waals surface area contributed by atoms with Gasteiger partial charge in [-0.1, -0.05) is 43.3 Å². The Labute approximate surface area is 132 Å². The number of rotatable bonds is 7. The number of carbonyl (C=O) groups is 1. The third-order valence-corrected chi connectivity index (χ3v) is 3.52. The molecule has 2 rings (SSSR count). The Morgan fingerprint density at radius 1 is 0.955 bits per heavy atom. The van der Waals surface area contributed by atoms with E-state index in [1.54, 1.807) is 0 Å². The lowest BCUT2D eigenvalue weighted by molar-refractivity contribution is 0.0988. The zero-order chi connectivity index (χ0) is 15.9. The van der Waals surface area contributed by atoms with Gasteiger partial charge < -0.3 is 9.64 Å². The van der Waals surface area contributed by atoms with Gasteiger partial charge in [0.25, 0.3) is 0 Å². The van der Waals surface area contributed by atoms with Crippen molar-refractivity contribution in [2.24, 2.45) is 0 Å². The molecule has 0 aliphatic heterocycles. The zero-order valence-corrected chi connectivity index (χ0v) is 13.5. The number of Topliss-reactive ketones (excluding diaryl/α,β-unsaturated/α-hetero) is 1. The van der Waals surface area contributed by atoms with Crippen LogP contribution >= 0.6 is 0 Å². The van der Waals surface area contributed by atoms with Gasteiger partial charge in [-0.25, -0.2) is 0 Å². The molecule has 0 saturated heterocycles. The minimum absolute atomic E-state index is 0.177. The minimum Gasteiger partial charge on any atom is -0.492 e. The number of hydrogen-bond acceptors (Lipinski definition) is 3. The average Bonchev–Trinajstić information content (AvgIpc) is 2.54. The first-order valence-corrected chi connectivity index (χ1v) is 7.61. The van der Waals surface area contributed by atoms with Crippen LogP contribution in [0.3, 0.4) is 0 Å². The van der Waals surface area contributed by atoms with Crippen LogP contribution in [0, 0.1) is 0 Å². The second-order valence-electron chi connectivity index (χ2n) is 5.53.